The quantitative estimate of drug-likeness (QED) is 0.698. The van der Waals surface area contributed by atoms with E-state index in [0.717, 1.165) is 25.4 Å². The lowest BCUT2D eigenvalue weighted by atomic mass is 10.0. The summed E-state index contributed by atoms with van der Waals surface area (Å²) in [6, 6.07) is 0.623. The number of aryl methyl sites for hydroxylation is 1. The first-order valence-electron chi connectivity index (χ1n) is 5.93. The van der Waals surface area contributed by atoms with Crippen LogP contribution < -0.4 is 5.32 Å². The van der Waals surface area contributed by atoms with E-state index in [0.29, 0.717) is 6.04 Å². The highest BCUT2D eigenvalue weighted by atomic mass is 15.0. The number of nitrogens with one attached hydrogen (secondary N) is 1. The normalized spacial score (nSPS) is 15.1. The standard InChI is InChI=1S/C12H23N3/c1-4-11(2)12(3)14-6-5-8-15-9-7-13-10-15/h7,9-12,14H,4-6,8H2,1-3H3/t11-,12+/m1/s1. The Bertz CT molecular complexity index is 243. The van der Waals surface area contributed by atoms with Crippen LogP contribution in [-0.4, -0.2) is 22.1 Å². The summed E-state index contributed by atoms with van der Waals surface area (Å²) >= 11 is 0. The summed E-state index contributed by atoms with van der Waals surface area (Å²) in [5.74, 6) is 0.762. The zero-order chi connectivity index (χ0) is 11.1. The molecule has 0 unspecified atom stereocenters. The van der Waals surface area contributed by atoms with Crippen LogP contribution >= 0.6 is 0 Å². The summed E-state index contributed by atoms with van der Waals surface area (Å²) in [5.41, 5.74) is 0. The molecule has 0 aromatic carbocycles. The van der Waals surface area contributed by atoms with Crippen molar-refractivity contribution >= 4 is 0 Å². The van der Waals surface area contributed by atoms with Crippen molar-refractivity contribution in [1.82, 2.24) is 14.9 Å². The average Bonchev–Trinajstić information content (AvgIpc) is 2.75. The molecule has 1 aromatic rings. The third-order valence-corrected chi connectivity index (χ3v) is 3.12. The maximum Gasteiger partial charge on any atom is 0.0945 e. The van der Waals surface area contributed by atoms with Gasteiger partial charge in [-0.1, -0.05) is 20.3 Å². The molecule has 3 nitrogen and oxygen atoms in total. The molecule has 0 saturated carbocycles. The van der Waals surface area contributed by atoms with E-state index in [4.69, 9.17) is 0 Å². The Labute approximate surface area is 92.9 Å². The summed E-state index contributed by atoms with van der Waals surface area (Å²) in [7, 11) is 0. The van der Waals surface area contributed by atoms with Crippen LogP contribution in [0.15, 0.2) is 18.7 Å². The molecule has 15 heavy (non-hydrogen) atoms. The molecule has 0 saturated heterocycles. The summed E-state index contributed by atoms with van der Waals surface area (Å²) in [4.78, 5) is 4.02. The molecule has 1 aromatic heterocycles. The van der Waals surface area contributed by atoms with Crippen molar-refractivity contribution in [2.24, 2.45) is 5.92 Å². The minimum absolute atomic E-state index is 0.623. The van der Waals surface area contributed by atoms with Crippen LogP contribution in [0.5, 0.6) is 0 Å². The van der Waals surface area contributed by atoms with E-state index in [1.807, 2.05) is 18.7 Å². The summed E-state index contributed by atoms with van der Waals surface area (Å²) in [6.07, 6.45) is 8.12. The molecule has 1 N–H and O–H groups in total. The number of imidazole rings is 1. The summed E-state index contributed by atoms with van der Waals surface area (Å²) < 4.78 is 2.12. The van der Waals surface area contributed by atoms with E-state index < -0.39 is 0 Å². The molecular weight excluding hydrogens is 186 g/mol. The van der Waals surface area contributed by atoms with Crippen molar-refractivity contribution in [2.45, 2.75) is 46.2 Å². The highest BCUT2D eigenvalue weighted by Gasteiger charge is 2.07. The predicted molar refractivity (Wildman–Crippen MR) is 63.8 cm³/mol. The zero-order valence-electron chi connectivity index (χ0n) is 10.1. The SMILES string of the molecule is CC[C@@H](C)[C@H](C)NCCCn1ccnc1. The van der Waals surface area contributed by atoms with Gasteiger partial charge in [0.15, 0.2) is 0 Å². The van der Waals surface area contributed by atoms with E-state index in [1.54, 1.807) is 0 Å². The third kappa shape index (κ3) is 4.47. The Morgan fingerprint density at radius 2 is 2.20 bits per heavy atom. The fourth-order valence-electron chi connectivity index (χ4n) is 1.57. The molecule has 0 spiro atoms. The number of nitrogens with zero attached hydrogens (tertiary/aromatic N) is 2. The topological polar surface area (TPSA) is 29.9 Å². The molecule has 0 aliphatic rings. The van der Waals surface area contributed by atoms with Crippen LogP contribution in [0.2, 0.25) is 0 Å². The minimum Gasteiger partial charge on any atom is -0.337 e. The van der Waals surface area contributed by atoms with Crippen molar-refractivity contribution < 1.29 is 0 Å². The number of aromatic nitrogens is 2. The van der Waals surface area contributed by atoms with Crippen molar-refractivity contribution in [3.05, 3.63) is 18.7 Å². The number of hydrogen-bond donors (Lipinski definition) is 1. The van der Waals surface area contributed by atoms with Crippen LogP contribution in [0.3, 0.4) is 0 Å². The first kappa shape index (κ1) is 12.2. The van der Waals surface area contributed by atoms with Gasteiger partial charge in [-0.15, -0.1) is 0 Å². The van der Waals surface area contributed by atoms with E-state index >= 15 is 0 Å². The van der Waals surface area contributed by atoms with Gasteiger partial charge in [0.2, 0.25) is 0 Å². The van der Waals surface area contributed by atoms with Crippen LogP contribution in [0, 0.1) is 5.92 Å². The molecule has 1 heterocycles. The maximum absolute atomic E-state index is 4.02. The predicted octanol–water partition coefficient (Wildman–Crippen LogP) is 2.30. The lowest BCUT2D eigenvalue weighted by Crippen LogP contribution is -2.32. The van der Waals surface area contributed by atoms with E-state index in [9.17, 15) is 0 Å². The average molecular weight is 209 g/mol. The fraction of sp³-hybridized carbons (Fsp3) is 0.750. The van der Waals surface area contributed by atoms with Gasteiger partial charge in [0, 0.05) is 25.0 Å². The van der Waals surface area contributed by atoms with Crippen molar-refractivity contribution in [3.63, 3.8) is 0 Å². The minimum atomic E-state index is 0.623. The molecular formula is C12H23N3. The second kappa shape index (κ2) is 6.62. The second-order valence-corrected chi connectivity index (χ2v) is 4.28. The Morgan fingerprint density at radius 3 is 2.80 bits per heavy atom. The first-order chi connectivity index (χ1) is 7.24. The van der Waals surface area contributed by atoms with E-state index in [1.165, 1.54) is 6.42 Å². The second-order valence-electron chi connectivity index (χ2n) is 4.28. The van der Waals surface area contributed by atoms with Gasteiger partial charge in [0.25, 0.3) is 0 Å². The molecule has 0 aliphatic heterocycles. The van der Waals surface area contributed by atoms with E-state index in [2.05, 4.69) is 35.6 Å². The van der Waals surface area contributed by atoms with Gasteiger partial charge >= 0.3 is 0 Å². The van der Waals surface area contributed by atoms with Crippen LogP contribution in [0.1, 0.15) is 33.6 Å². The molecule has 0 aliphatic carbocycles. The van der Waals surface area contributed by atoms with Crippen LogP contribution in [-0.2, 0) is 6.54 Å². The van der Waals surface area contributed by atoms with Gasteiger partial charge in [-0.3, -0.25) is 0 Å². The molecule has 0 fully saturated rings. The number of rotatable bonds is 7. The summed E-state index contributed by atoms with van der Waals surface area (Å²) in [6.45, 7) is 8.96. The lowest BCUT2D eigenvalue weighted by Gasteiger charge is -2.19. The van der Waals surface area contributed by atoms with Gasteiger partial charge in [0.05, 0.1) is 6.33 Å². The van der Waals surface area contributed by atoms with Gasteiger partial charge < -0.3 is 9.88 Å². The molecule has 1 rings (SSSR count). The zero-order valence-corrected chi connectivity index (χ0v) is 10.1. The van der Waals surface area contributed by atoms with Crippen LogP contribution in [0.25, 0.3) is 0 Å². The lowest BCUT2D eigenvalue weighted by molar-refractivity contribution is 0.384. The fourth-order valence-corrected chi connectivity index (χ4v) is 1.57. The molecule has 2 atom stereocenters. The van der Waals surface area contributed by atoms with E-state index in [-0.39, 0.29) is 0 Å². The van der Waals surface area contributed by atoms with Gasteiger partial charge in [-0.25, -0.2) is 4.98 Å². The highest BCUT2D eigenvalue weighted by molar-refractivity contribution is 4.74. The molecule has 0 radical (unpaired) electrons. The third-order valence-electron chi connectivity index (χ3n) is 3.12. The van der Waals surface area contributed by atoms with Crippen molar-refractivity contribution in [1.29, 1.82) is 0 Å². The monoisotopic (exact) mass is 209 g/mol. The summed E-state index contributed by atoms with van der Waals surface area (Å²) in [5, 5.41) is 3.56. The van der Waals surface area contributed by atoms with Crippen LogP contribution in [0.4, 0.5) is 0 Å². The van der Waals surface area contributed by atoms with Gasteiger partial charge in [0.1, 0.15) is 0 Å². The van der Waals surface area contributed by atoms with Gasteiger partial charge in [-0.2, -0.15) is 0 Å². The largest absolute Gasteiger partial charge is 0.337 e. The Hall–Kier alpha value is -0.830. The smallest absolute Gasteiger partial charge is 0.0945 e. The van der Waals surface area contributed by atoms with Gasteiger partial charge in [-0.05, 0) is 25.8 Å². The Morgan fingerprint density at radius 1 is 1.40 bits per heavy atom. The first-order valence-corrected chi connectivity index (χ1v) is 5.93. The highest BCUT2D eigenvalue weighted by Crippen LogP contribution is 2.06. The van der Waals surface area contributed by atoms with Crippen molar-refractivity contribution in [2.75, 3.05) is 6.54 Å². The molecule has 0 bridgehead atoms. The molecule has 86 valence electrons. The number of hydrogen-bond acceptors (Lipinski definition) is 2. The molecule has 3 heteroatoms. The molecule has 0 amide bonds. The Kier molecular flexibility index (Phi) is 5.40. The maximum atomic E-state index is 4.02. The Balaban J connectivity index is 2.06. The van der Waals surface area contributed by atoms with Crippen molar-refractivity contribution in [3.8, 4) is 0 Å².